The van der Waals surface area contributed by atoms with Crippen LogP contribution in [-0.4, -0.2) is 77.7 Å². The maximum atomic E-state index is 14.1. The van der Waals surface area contributed by atoms with Crippen LogP contribution in [0.25, 0.3) is 22.1 Å². The molecule has 2 aromatic heterocycles. The number of amides is 4. The molecule has 300 valence electrons. The van der Waals surface area contributed by atoms with Crippen molar-refractivity contribution >= 4 is 45.6 Å². The molecule has 11 heteroatoms. The SMILES string of the molecule is CC(C(=O)N1C(c2nc3ccc(N4CCN(Cc5ccc6nc(C7CC8CC8N7C(=O)C(C)C(C)c7ccccc7)[nH]c6c5)C4=O)cc3[nH]2)CC2CC21)c1ccccc1. The molecule has 3 aliphatic heterocycles. The van der Waals surface area contributed by atoms with Crippen molar-refractivity contribution in [1.29, 1.82) is 0 Å². The van der Waals surface area contributed by atoms with Crippen LogP contribution < -0.4 is 4.90 Å². The van der Waals surface area contributed by atoms with Gasteiger partial charge in [0.2, 0.25) is 11.8 Å². The van der Waals surface area contributed by atoms with Gasteiger partial charge in [-0.05, 0) is 97.4 Å². The van der Waals surface area contributed by atoms with Gasteiger partial charge >= 0.3 is 6.03 Å². The number of likely N-dealkylation sites (tertiary alicyclic amines) is 2. The monoisotopic (exact) mass is 786 g/mol. The van der Waals surface area contributed by atoms with Gasteiger partial charge in [0.05, 0.1) is 40.1 Å². The summed E-state index contributed by atoms with van der Waals surface area (Å²) in [7, 11) is 0. The number of piperidine rings is 2. The van der Waals surface area contributed by atoms with Gasteiger partial charge in [-0.2, -0.15) is 0 Å². The smallest absolute Gasteiger partial charge is 0.324 e. The zero-order valence-corrected chi connectivity index (χ0v) is 33.8. The molecule has 0 radical (unpaired) electrons. The van der Waals surface area contributed by atoms with Crippen molar-refractivity contribution in [2.75, 3.05) is 18.0 Å². The number of fused-ring (bicyclic) bond motifs is 4. The molecule has 0 bridgehead atoms. The van der Waals surface area contributed by atoms with Gasteiger partial charge in [-0.25, -0.2) is 14.8 Å². The number of aromatic amines is 2. The lowest BCUT2D eigenvalue weighted by atomic mass is 9.87. The van der Waals surface area contributed by atoms with E-state index in [4.69, 9.17) is 9.97 Å². The molecule has 6 aromatic rings. The number of nitrogens with zero attached hydrogens (tertiary/aromatic N) is 6. The third kappa shape index (κ3) is 6.19. The number of H-pyrrole nitrogens is 2. The standard InChI is InChI=1S/C48H50N8O3/c1-27(31-10-6-4-7-11-31)28(2)46(57)55-40-21-33(40)23-42(55)44-49-36-16-14-30(20-38(36)51-44)26-53-18-19-54(48(53)59)35-15-17-37-39(25-35)52-45(50-37)43-24-34-22-41(34)56(43)47(58)29(3)32-12-8-5-9-13-32/h4-17,20,25,27-29,33-34,40-43H,18-19,21-24,26H2,1-3H3,(H,49,51)(H,50,52). The number of anilines is 1. The van der Waals surface area contributed by atoms with Crippen LogP contribution in [0.5, 0.6) is 0 Å². The minimum atomic E-state index is -0.217. The second-order valence-electron chi connectivity index (χ2n) is 17.9. The zero-order chi connectivity index (χ0) is 40.1. The van der Waals surface area contributed by atoms with Crippen molar-refractivity contribution in [2.24, 2.45) is 17.8 Å². The van der Waals surface area contributed by atoms with Crippen LogP contribution in [0.4, 0.5) is 10.5 Å². The van der Waals surface area contributed by atoms with E-state index in [9.17, 15) is 14.4 Å². The predicted octanol–water partition coefficient (Wildman–Crippen LogP) is 8.45. The summed E-state index contributed by atoms with van der Waals surface area (Å²) in [4.78, 5) is 66.9. The highest BCUT2D eigenvalue weighted by Crippen LogP contribution is 2.55. The number of hydrogen-bond donors (Lipinski definition) is 2. The highest BCUT2D eigenvalue weighted by atomic mass is 16.2. The van der Waals surface area contributed by atoms with Crippen molar-refractivity contribution in [3.05, 3.63) is 125 Å². The minimum absolute atomic E-state index is 0.0322. The summed E-state index contributed by atoms with van der Waals surface area (Å²) in [6, 6.07) is 32.9. The molecule has 4 amide bonds. The summed E-state index contributed by atoms with van der Waals surface area (Å²) in [5.74, 6) is 2.88. The molecule has 59 heavy (non-hydrogen) atoms. The van der Waals surface area contributed by atoms with E-state index >= 15 is 0 Å². The van der Waals surface area contributed by atoms with Gasteiger partial charge in [-0.15, -0.1) is 0 Å². The second-order valence-corrected chi connectivity index (χ2v) is 17.9. The molecule has 0 spiro atoms. The molecule has 5 aliphatic rings. The van der Waals surface area contributed by atoms with Crippen molar-refractivity contribution in [2.45, 2.75) is 89.0 Å². The van der Waals surface area contributed by atoms with Gasteiger partial charge in [-0.1, -0.05) is 80.6 Å². The molecule has 9 atom stereocenters. The van der Waals surface area contributed by atoms with E-state index in [0.29, 0.717) is 37.5 Å². The Morgan fingerprint density at radius 2 is 1.25 bits per heavy atom. The fourth-order valence-electron chi connectivity index (χ4n) is 10.5. The summed E-state index contributed by atoms with van der Waals surface area (Å²) in [6.07, 6.45) is 4.00. The molecule has 2 N–H and O–H groups in total. The number of nitrogens with one attached hydrogen (secondary N) is 2. The topological polar surface area (TPSA) is 122 Å². The molecule has 5 fully saturated rings. The maximum Gasteiger partial charge on any atom is 0.324 e. The van der Waals surface area contributed by atoms with Gasteiger partial charge in [0, 0.05) is 43.3 Å². The highest BCUT2D eigenvalue weighted by Gasteiger charge is 2.57. The Morgan fingerprint density at radius 1 is 0.678 bits per heavy atom. The fourth-order valence-corrected chi connectivity index (χ4v) is 10.5. The number of urea groups is 1. The predicted molar refractivity (Wildman–Crippen MR) is 226 cm³/mol. The molecule has 2 saturated carbocycles. The van der Waals surface area contributed by atoms with Crippen molar-refractivity contribution in [3.8, 4) is 0 Å². The molecule has 9 unspecified atom stereocenters. The van der Waals surface area contributed by atoms with Gasteiger partial charge in [0.1, 0.15) is 11.6 Å². The number of carbonyl (C=O) groups is 3. The summed E-state index contributed by atoms with van der Waals surface area (Å²) < 4.78 is 0. The third-order valence-electron chi connectivity index (χ3n) is 14.3. The number of rotatable bonds is 10. The molecule has 2 aliphatic carbocycles. The van der Waals surface area contributed by atoms with Crippen LogP contribution in [0, 0.1) is 17.8 Å². The third-order valence-corrected chi connectivity index (χ3v) is 14.3. The number of hydrogen-bond acceptors (Lipinski definition) is 5. The van der Waals surface area contributed by atoms with Crippen molar-refractivity contribution < 1.29 is 14.4 Å². The molecule has 11 rings (SSSR count). The van der Waals surface area contributed by atoms with E-state index in [2.05, 4.69) is 57.9 Å². The first-order chi connectivity index (χ1) is 28.7. The molecular formula is C48H50N8O3. The quantitative estimate of drug-likeness (QED) is 0.144. The number of imidazole rings is 2. The first-order valence-corrected chi connectivity index (χ1v) is 21.5. The Bertz CT molecular complexity index is 2600. The molecule has 5 heterocycles. The van der Waals surface area contributed by atoms with Crippen LogP contribution >= 0.6 is 0 Å². The minimum Gasteiger partial charge on any atom is -0.340 e. The lowest BCUT2D eigenvalue weighted by Crippen LogP contribution is -2.39. The largest absolute Gasteiger partial charge is 0.340 e. The first-order valence-electron chi connectivity index (χ1n) is 21.5. The van der Waals surface area contributed by atoms with Crippen LogP contribution in [-0.2, 0) is 16.1 Å². The number of benzene rings is 4. The van der Waals surface area contributed by atoms with Crippen LogP contribution in [0.3, 0.4) is 0 Å². The Balaban J connectivity index is 0.769. The molecular weight excluding hydrogens is 737 g/mol. The highest BCUT2D eigenvalue weighted by molar-refractivity contribution is 5.96. The van der Waals surface area contributed by atoms with Crippen molar-refractivity contribution in [1.82, 2.24) is 34.6 Å². The van der Waals surface area contributed by atoms with Crippen molar-refractivity contribution in [3.63, 3.8) is 0 Å². The van der Waals surface area contributed by atoms with Gasteiger partial charge < -0.3 is 24.7 Å². The van der Waals surface area contributed by atoms with Crippen LogP contribution in [0.2, 0.25) is 0 Å². The van der Waals surface area contributed by atoms with Crippen LogP contribution in [0.1, 0.15) is 98.7 Å². The summed E-state index contributed by atoms with van der Waals surface area (Å²) in [6.45, 7) is 7.90. The maximum absolute atomic E-state index is 14.1. The number of carbonyl (C=O) groups excluding carboxylic acids is 3. The molecule has 3 saturated heterocycles. The van der Waals surface area contributed by atoms with Crippen LogP contribution in [0.15, 0.2) is 97.1 Å². The van der Waals surface area contributed by atoms with E-state index in [-0.39, 0.29) is 53.7 Å². The number of aromatic nitrogens is 4. The lowest BCUT2D eigenvalue weighted by Gasteiger charge is -2.31. The normalized spacial score (nSPS) is 26.1. The van der Waals surface area contributed by atoms with E-state index in [0.717, 1.165) is 76.2 Å². The Hall–Kier alpha value is -5.97. The average Bonchev–Trinajstić information content (AvgIpc) is 3.81. The zero-order valence-electron chi connectivity index (χ0n) is 33.8. The van der Waals surface area contributed by atoms with Gasteiger partial charge in [0.15, 0.2) is 0 Å². The summed E-state index contributed by atoms with van der Waals surface area (Å²) in [5.41, 5.74) is 7.58. The molecule has 4 aromatic carbocycles. The van der Waals surface area contributed by atoms with Gasteiger partial charge in [0.25, 0.3) is 0 Å². The van der Waals surface area contributed by atoms with Gasteiger partial charge in [-0.3, -0.25) is 14.5 Å². The Labute approximate surface area is 343 Å². The lowest BCUT2D eigenvalue weighted by molar-refractivity contribution is -0.138. The van der Waals surface area contributed by atoms with E-state index in [1.54, 1.807) is 0 Å². The average molecular weight is 787 g/mol. The second kappa shape index (κ2) is 13.8. The first kappa shape index (κ1) is 36.1. The van der Waals surface area contributed by atoms with E-state index in [1.807, 2.05) is 89.5 Å². The summed E-state index contributed by atoms with van der Waals surface area (Å²) in [5, 5.41) is 0. The fraction of sp³-hybridized carbons (Fsp3) is 0.396. The Morgan fingerprint density at radius 3 is 1.90 bits per heavy atom. The van der Waals surface area contributed by atoms with E-state index < -0.39 is 0 Å². The Kier molecular flexibility index (Phi) is 8.46. The van der Waals surface area contributed by atoms with E-state index in [1.165, 1.54) is 5.56 Å². The molecule has 11 nitrogen and oxygen atoms in total. The summed E-state index contributed by atoms with van der Waals surface area (Å²) >= 11 is 0.